The molecule has 102 valence electrons. The molecule has 0 amide bonds. The maximum atomic E-state index is 4.18. The van der Waals surface area contributed by atoms with Crippen LogP contribution in [0.3, 0.4) is 0 Å². The second-order valence-electron chi connectivity index (χ2n) is 4.43. The first kappa shape index (κ1) is 13.5. The molecule has 0 saturated heterocycles. The van der Waals surface area contributed by atoms with E-state index in [-0.39, 0.29) is 0 Å². The molecular weight excluding hydrogens is 270 g/mol. The predicted molar refractivity (Wildman–Crippen MR) is 84.7 cm³/mol. The van der Waals surface area contributed by atoms with Crippen LogP contribution in [0, 0.1) is 23.7 Å². The van der Waals surface area contributed by atoms with E-state index >= 15 is 0 Å². The largest absolute Gasteiger partial charge is 0.265 e. The summed E-state index contributed by atoms with van der Waals surface area (Å²) < 4.78 is 0. The van der Waals surface area contributed by atoms with E-state index in [1.807, 2.05) is 30.3 Å². The summed E-state index contributed by atoms with van der Waals surface area (Å²) in [5, 5.41) is 0. The lowest BCUT2D eigenvalue weighted by Crippen LogP contribution is -1.83. The lowest BCUT2D eigenvalue weighted by molar-refractivity contribution is 1.30. The number of rotatable bonds is 0. The highest BCUT2D eigenvalue weighted by atomic mass is 14.6. The standard InChI is InChI=1S/C19H11N3/c1(16-5-9-20-10-6-16)3-18-13-19(15-22-14-18)4-2-17-7-11-21-12-8-17/h5-15H. The van der Waals surface area contributed by atoms with Crippen LogP contribution >= 0.6 is 0 Å². The highest BCUT2D eigenvalue weighted by Crippen LogP contribution is 2.02. The van der Waals surface area contributed by atoms with Gasteiger partial charge in [-0.25, -0.2) is 0 Å². The van der Waals surface area contributed by atoms with Gasteiger partial charge < -0.3 is 0 Å². The molecule has 0 unspecified atom stereocenters. The molecule has 0 aliphatic carbocycles. The summed E-state index contributed by atoms with van der Waals surface area (Å²) in [7, 11) is 0. The molecule has 0 N–H and O–H groups in total. The zero-order valence-corrected chi connectivity index (χ0v) is 11.7. The van der Waals surface area contributed by atoms with Gasteiger partial charge in [-0.2, -0.15) is 0 Å². The van der Waals surface area contributed by atoms with Crippen molar-refractivity contribution in [3.63, 3.8) is 0 Å². The predicted octanol–water partition coefficient (Wildman–Crippen LogP) is 2.67. The van der Waals surface area contributed by atoms with Crippen LogP contribution < -0.4 is 0 Å². The van der Waals surface area contributed by atoms with Gasteiger partial charge in [0.25, 0.3) is 0 Å². The number of aromatic nitrogens is 3. The molecule has 0 saturated carbocycles. The molecule has 3 rings (SSSR count). The van der Waals surface area contributed by atoms with Crippen molar-refractivity contribution in [2.75, 3.05) is 0 Å². The Bertz CT molecular complexity index is 807. The normalized spacial score (nSPS) is 9.09. The van der Waals surface area contributed by atoms with E-state index in [0.717, 1.165) is 22.3 Å². The fourth-order valence-electron chi connectivity index (χ4n) is 1.74. The lowest BCUT2D eigenvalue weighted by atomic mass is 10.2. The van der Waals surface area contributed by atoms with Crippen LogP contribution in [0.25, 0.3) is 0 Å². The molecule has 0 bridgehead atoms. The Labute approximate surface area is 129 Å². The highest BCUT2D eigenvalue weighted by molar-refractivity contribution is 5.47. The van der Waals surface area contributed by atoms with Gasteiger partial charge in [0, 0.05) is 59.4 Å². The second-order valence-corrected chi connectivity index (χ2v) is 4.43. The molecule has 0 aliphatic rings. The van der Waals surface area contributed by atoms with Crippen LogP contribution in [-0.2, 0) is 0 Å². The van der Waals surface area contributed by atoms with Crippen molar-refractivity contribution >= 4 is 0 Å². The molecule has 22 heavy (non-hydrogen) atoms. The minimum atomic E-state index is 0.832. The zero-order chi connectivity index (χ0) is 15.0. The van der Waals surface area contributed by atoms with Crippen LogP contribution in [0.4, 0.5) is 0 Å². The maximum Gasteiger partial charge on any atom is 0.0444 e. The van der Waals surface area contributed by atoms with Crippen molar-refractivity contribution < 1.29 is 0 Å². The van der Waals surface area contributed by atoms with Gasteiger partial charge in [0.05, 0.1) is 0 Å². The molecule has 0 fully saturated rings. The summed E-state index contributed by atoms with van der Waals surface area (Å²) in [6.07, 6.45) is 10.3. The quantitative estimate of drug-likeness (QED) is 0.595. The van der Waals surface area contributed by atoms with Crippen LogP contribution in [0.2, 0.25) is 0 Å². The average molecular weight is 281 g/mol. The number of hydrogen-bond acceptors (Lipinski definition) is 3. The van der Waals surface area contributed by atoms with Gasteiger partial charge in [0.1, 0.15) is 0 Å². The van der Waals surface area contributed by atoms with Gasteiger partial charge in [-0.15, -0.1) is 0 Å². The van der Waals surface area contributed by atoms with Gasteiger partial charge in [-0.05, 0) is 30.3 Å². The Hall–Kier alpha value is -3.43. The molecule has 3 heteroatoms. The molecule has 3 nitrogen and oxygen atoms in total. The fraction of sp³-hybridized carbons (Fsp3) is 0. The Morgan fingerprint density at radius 1 is 0.500 bits per heavy atom. The van der Waals surface area contributed by atoms with Crippen molar-refractivity contribution in [1.82, 2.24) is 15.0 Å². The summed E-state index contributed by atoms with van der Waals surface area (Å²) in [6, 6.07) is 9.40. The summed E-state index contributed by atoms with van der Waals surface area (Å²) in [6.45, 7) is 0. The van der Waals surface area contributed by atoms with Crippen molar-refractivity contribution in [3.05, 3.63) is 89.8 Å². The molecule has 0 atom stereocenters. The van der Waals surface area contributed by atoms with Crippen LogP contribution in [0.15, 0.2) is 67.5 Å². The Morgan fingerprint density at radius 2 is 0.909 bits per heavy atom. The van der Waals surface area contributed by atoms with E-state index in [2.05, 4.69) is 38.6 Å². The second kappa shape index (κ2) is 6.83. The third kappa shape index (κ3) is 3.79. The van der Waals surface area contributed by atoms with E-state index in [9.17, 15) is 0 Å². The van der Waals surface area contributed by atoms with E-state index in [4.69, 9.17) is 0 Å². The minimum Gasteiger partial charge on any atom is -0.265 e. The summed E-state index contributed by atoms with van der Waals surface area (Å²) in [5.74, 6) is 12.3. The van der Waals surface area contributed by atoms with E-state index in [1.165, 1.54) is 0 Å². The SMILES string of the molecule is C(#Cc1cncc(C#Cc2ccncc2)c1)c1ccncc1. The first-order valence-electron chi connectivity index (χ1n) is 6.69. The van der Waals surface area contributed by atoms with Crippen molar-refractivity contribution in [2.45, 2.75) is 0 Å². The molecule has 0 radical (unpaired) electrons. The first-order valence-corrected chi connectivity index (χ1v) is 6.69. The van der Waals surface area contributed by atoms with E-state index in [1.54, 1.807) is 37.2 Å². The van der Waals surface area contributed by atoms with Crippen LogP contribution in [0.1, 0.15) is 22.3 Å². The summed E-state index contributed by atoms with van der Waals surface area (Å²) in [5.41, 5.74) is 3.50. The average Bonchev–Trinajstić information content (AvgIpc) is 2.60. The van der Waals surface area contributed by atoms with Crippen LogP contribution in [-0.4, -0.2) is 15.0 Å². The number of nitrogens with zero attached hydrogens (tertiary/aromatic N) is 3. The highest BCUT2D eigenvalue weighted by Gasteiger charge is 1.92. The Morgan fingerprint density at radius 3 is 1.36 bits per heavy atom. The third-order valence-corrected chi connectivity index (χ3v) is 2.80. The molecule has 3 aromatic heterocycles. The monoisotopic (exact) mass is 281 g/mol. The Kier molecular flexibility index (Phi) is 4.21. The molecule has 0 spiro atoms. The molecule has 0 aliphatic heterocycles. The minimum absolute atomic E-state index is 0.832. The molecule has 3 aromatic rings. The topological polar surface area (TPSA) is 38.7 Å². The Balaban J connectivity index is 1.82. The van der Waals surface area contributed by atoms with E-state index < -0.39 is 0 Å². The number of pyridine rings is 3. The van der Waals surface area contributed by atoms with Crippen LogP contribution in [0.5, 0.6) is 0 Å². The van der Waals surface area contributed by atoms with Gasteiger partial charge >= 0.3 is 0 Å². The molecule has 0 aromatic carbocycles. The van der Waals surface area contributed by atoms with Crippen molar-refractivity contribution in [1.29, 1.82) is 0 Å². The number of hydrogen-bond donors (Lipinski definition) is 0. The van der Waals surface area contributed by atoms with Gasteiger partial charge in [0.2, 0.25) is 0 Å². The zero-order valence-electron chi connectivity index (χ0n) is 11.7. The van der Waals surface area contributed by atoms with Crippen molar-refractivity contribution in [3.8, 4) is 23.7 Å². The molecule has 3 heterocycles. The fourth-order valence-corrected chi connectivity index (χ4v) is 1.74. The summed E-state index contributed by atoms with van der Waals surface area (Å²) in [4.78, 5) is 12.1. The lowest BCUT2D eigenvalue weighted by Gasteiger charge is -1.92. The van der Waals surface area contributed by atoms with E-state index in [0.29, 0.717) is 0 Å². The first-order chi connectivity index (χ1) is 10.9. The third-order valence-electron chi connectivity index (χ3n) is 2.80. The summed E-state index contributed by atoms with van der Waals surface area (Å²) >= 11 is 0. The van der Waals surface area contributed by atoms with Gasteiger partial charge in [-0.1, -0.05) is 23.7 Å². The van der Waals surface area contributed by atoms with Gasteiger partial charge in [-0.3, -0.25) is 15.0 Å². The van der Waals surface area contributed by atoms with Crippen molar-refractivity contribution in [2.24, 2.45) is 0 Å². The maximum absolute atomic E-state index is 4.18. The smallest absolute Gasteiger partial charge is 0.0444 e. The van der Waals surface area contributed by atoms with Gasteiger partial charge in [0.15, 0.2) is 0 Å². The molecular formula is C19H11N3.